The summed E-state index contributed by atoms with van der Waals surface area (Å²) in [5.74, 6) is -0.202. The number of hydrogen-bond donors (Lipinski definition) is 4. The van der Waals surface area contributed by atoms with E-state index >= 15 is 0 Å². The van der Waals surface area contributed by atoms with Gasteiger partial charge < -0.3 is 30.2 Å². The third kappa shape index (κ3) is 5.37. The van der Waals surface area contributed by atoms with Crippen molar-refractivity contribution in [3.8, 4) is 0 Å². The van der Waals surface area contributed by atoms with Crippen molar-refractivity contribution < 1.29 is 24.1 Å². The van der Waals surface area contributed by atoms with Gasteiger partial charge in [0.1, 0.15) is 24.4 Å². The third-order valence-corrected chi connectivity index (χ3v) is 8.46. The fourth-order valence-electron chi connectivity index (χ4n) is 5.59. The fraction of sp³-hybridized carbons (Fsp3) is 0.333. The van der Waals surface area contributed by atoms with E-state index in [2.05, 4.69) is 58.3 Å². The lowest BCUT2D eigenvalue weighted by atomic mass is 10.1. The molecular formula is C30H29BrFN7O4. The summed E-state index contributed by atoms with van der Waals surface area (Å²) < 4.78 is 24.7. The Morgan fingerprint density at radius 2 is 1.93 bits per heavy atom. The molecule has 0 unspecified atom stereocenters. The van der Waals surface area contributed by atoms with Crippen LogP contribution < -0.4 is 10.6 Å². The van der Waals surface area contributed by atoms with Crippen LogP contribution in [0.15, 0.2) is 65.8 Å². The van der Waals surface area contributed by atoms with Gasteiger partial charge in [0.2, 0.25) is 0 Å². The van der Waals surface area contributed by atoms with E-state index in [4.69, 9.17) is 4.74 Å². The van der Waals surface area contributed by atoms with E-state index in [1.807, 2.05) is 24.3 Å². The quantitative estimate of drug-likeness (QED) is 0.191. The number of amides is 1. The van der Waals surface area contributed by atoms with E-state index in [-0.39, 0.29) is 11.9 Å². The first-order valence-electron chi connectivity index (χ1n) is 14.1. The normalized spacial score (nSPS) is 22.0. The van der Waals surface area contributed by atoms with Crippen LogP contribution in [0.5, 0.6) is 0 Å². The predicted molar refractivity (Wildman–Crippen MR) is 160 cm³/mol. The van der Waals surface area contributed by atoms with Gasteiger partial charge in [0.15, 0.2) is 29.3 Å². The monoisotopic (exact) mass is 649 g/mol. The molecule has 1 saturated heterocycles. The molecule has 2 fully saturated rings. The molecule has 3 aromatic heterocycles. The van der Waals surface area contributed by atoms with Gasteiger partial charge in [-0.1, -0.05) is 40.2 Å². The highest BCUT2D eigenvalue weighted by Crippen LogP contribution is 2.33. The average Bonchev–Trinajstić information content (AvgIpc) is 3.48. The second-order valence-corrected chi connectivity index (χ2v) is 11.9. The molecule has 4 N–H and O–H groups in total. The number of aliphatic hydroxyl groups excluding tert-OH is 2. The van der Waals surface area contributed by atoms with Crippen molar-refractivity contribution in [1.82, 2.24) is 29.4 Å². The maximum atomic E-state index is 14.6. The maximum Gasteiger partial charge on any atom is 0.252 e. The Balaban J connectivity index is 1.07. The van der Waals surface area contributed by atoms with Gasteiger partial charge in [-0.3, -0.25) is 9.36 Å². The number of hydrogen-bond acceptors (Lipinski definition) is 8. The molecule has 1 aliphatic heterocycles. The Hall–Kier alpha value is -3.91. The van der Waals surface area contributed by atoms with Crippen LogP contribution >= 0.6 is 15.9 Å². The molecule has 0 bridgehead atoms. The molecule has 4 heterocycles. The number of carbonyl (C=O) groups excluding carboxylic acids is 1. The zero-order chi connectivity index (χ0) is 29.7. The lowest BCUT2D eigenvalue weighted by Crippen LogP contribution is -2.43. The number of benzene rings is 2. The second-order valence-electron chi connectivity index (χ2n) is 11.0. The molecule has 4 atom stereocenters. The molecular weight excluding hydrogens is 621 g/mol. The molecule has 0 radical (unpaired) electrons. The van der Waals surface area contributed by atoms with Crippen molar-refractivity contribution in [2.75, 3.05) is 11.9 Å². The lowest BCUT2D eigenvalue weighted by Gasteiger charge is -2.16. The van der Waals surface area contributed by atoms with Crippen LogP contribution in [0.4, 0.5) is 10.2 Å². The zero-order valence-corrected chi connectivity index (χ0v) is 24.5. The van der Waals surface area contributed by atoms with Gasteiger partial charge in [-0.15, -0.1) is 0 Å². The maximum absolute atomic E-state index is 14.6. The Morgan fingerprint density at radius 3 is 2.74 bits per heavy atom. The van der Waals surface area contributed by atoms with E-state index in [0.29, 0.717) is 46.5 Å². The number of anilines is 1. The molecule has 1 saturated carbocycles. The van der Waals surface area contributed by atoms with E-state index in [1.54, 1.807) is 6.07 Å². The first-order chi connectivity index (χ1) is 20.9. The Kier molecular flexibility index (Phi) is 7.33. The largest absolute Gasteiger partial charge is 0.387 e. The molecule has 222 valence electrons. The summed E-state index contributed by atoms with van der Waals surface area (Å²) in [5, 5.41) is 28.5. The van der Waals surface area contributed by atoms with Crippen LogP contribution in [-0.4, -0.2) is 71.1 Å². The number of nitrogens with zero attached hydrogens (tertiary/aromatic N) is 5. The number of para-hydroxylation sites is 1. The number of fused-ring (bicyclic) bond motifs is 2. The summed E-state index contributed by atoms with van der Waals surface area (Å²) in [6, 6.07) is 13.2. The molecule has 5 aromatic rings. The van der Waals surface area contributed by atoms with Crippen LogP contribution in [0, 0.1) is 5.82 Å². The molecule has 0 spiro atoms. The summed E-state index contributed by atoms with van der Waals surface area (Å²) >= 11 is 3.32. The van der Waals surface area contributed by atoms with E-state index in [0.717, 1.165) is 29.3 Å². The van der Waals surface area contributed by atoms with Gasteiger partial charge in [-0.05, 0) is 43.0 Å². The van der Waals surface area contributed by atoms with Crippen LogP contribution in [0.25, 0.3) is 22.1 Å². The molecule has 1 amide bonds. The Bertz CT molecular complexity index is 1820. The number of aliphatic hydroxyl groups is 2. The highest BCUT2D eigenvalue weighted by atomic mass is 79.9. The van der Waals surface area contributed by atoms with Crippen molar-refractivity contribution >= 4 is 49.7 Å². The number of halogens is 2. The second kappa shape index (κ2) is 11.3. The van der Waals surface area contributed by atoms with Crippen molar-refractivity contribution in [2.24, 2.45) is 0 Å². The van der Waals surface area contributed by atoms with Gasteiger partial charge in [0.05, 0.1) is 12.9 Å². The molecule has 11 nitrogen and oxygen atoms in total. The number of carbonyl (C=O) groups is 1. The lowest BCUT2D eigenvalue weighted by molar-refractivity contribution is -0.137. The Morgan fingerprint density at radius 1 is 1.09 bits per heavy atom. The smallest absolute Gasteiger partial charge is 0.252 e. The van der Waals surface area contributed by atoms with E-state index in [1.165, 1.54) is 23.3 Å². The Labute approximate surface area is 253 Å². The topological polar surface area (TPSA) is 139 Å². The standard InChI is InChI=1S/C30H29BrFN7O4/c31-18-6-5-17(21(32)11-18)13-38-12-16(20-3-1-2-4-22(20)38)9-10-33-27-23-28(35-14-34-27)39(15-36-23)30-25(41)24(40)26(43-30)29(42)37-19-7-8-19/h1-6,11-12,14-15,19,24-26,30,40-41H,7-10,13H2,(H,37,42)(H,33,34,35)/t24-,25+,26-,30+/m0/s1. The predicted octanol–water partition coefficient (Wildman–Crippen LogP) is 3.28. The summed E-state index contributed by atoms with van der Waals surface area (Å²) in [6.07, 6.45) is 2.39. The highest BCUT2D eigenvalue weighted by molar-refractivity contribution is 9.10. The first kappa shape index (κ1) is 27.9. The number of rotatable bonds is 9. The number of nitrogens with one attached hydrogen (secondary N) is 2. The van der Waals surface area contributed by atoms with Crippen LogP contribution in [0.1, 0.15) is 30.2 Å². The van der Waals surface area contributed by atoms with Gasteiger partial charge in [0, 0.05) is 39.7 Å². The van der Waals surface area contributed by atoms with Crippen molar-refractivity contribution in [1.29, 1.82) is 0 Å². The van der Waals surface area contributed by atoms with E-state index < -0.39 is 30.4 Å². The van der Waals surface area contributed by atoms with Crippen LogP contribution in [0.3, 0.4) is 0 Å². The van der Waals surface area contributed by atoms with E-state index in [9.17, 15) is 19.4 Å². The van der Waals surface area contributed by atoms with Crippen molar-refractivity contribution in [2.45, 2.75) is 56.4 Å². The summed E-state index contributed by atoms with van der Waals surface area (Å²) in [5.41, 5.74) is 3.58. The SMILES string of the molecule is O=C(NC1CC1)[C@H]1O[C@@H](n2cnc3c(NCCc4cn(Cc5ccc(Br)cc5F)c5ccccc45)ncnc32)[C@H](O)[C@@H]1O. The van der Waals surface area contributed by atoms with Crippen LogP contribution in [-0.2, 0) is 22.5 Å². The van der Waals surface area contributed by atoms with Crippen LogP contribution in [0.2, 0.25) is 0 Å². The highest BCUT2D eigenvalue weighted by Gasteiger charge is 2.48. The van der Waals surface area contributed by atoms with Gasteiger partial charge in [-0.25, -0.2) is 19.3 Å². The zero-order valence-electron chi connectivity index (χ0n) is 22.9. The minimum Gasteiger partial charge on any atom is -0.387 e. The molecule has 2 aromatic carbocycles. The van der Waals surface area contributed by atoms with Gasteiger partial charge in [0.25, 0.3) is 5.91 Å². The minimum absolute atomic E-state index is 0.0982. The molecule has 7 rings (SSSR count). The molecule has 43 heavy (non-hydrogen) atoms. The van der Waals surface area contributed by atoms with Gasteiger partial charge in [-0.2, -0.15) is 0 Å². The molecule has 2 aliphatic rings. The first-order valence-corrected chi connectivity index (χ1v) is 14.9. The third-order valence-electron chi connectivity index (χ3n) is 7.97. The average molecular weight is 651 g/mol. The molecule has 1 aliphatic carbocycles. The number of aromatic nitrogens is 5. The molecule has 13 heteroatoms. The minimum atomic E-state index is -1.39. The summed E-state index contributed by atoms with van der Waals surface area (Å²) in [4.78, 5) is 25.7. The number of ether oxygens (including phenoxy) is 1. The summed E-state index contributed by atoms with van der Waals surface area (Å²) in [6.45, 7) is 0.939. The number of imidazole rings is 1. The summed E-state index contributed by atoms with van der Waals surface area (Å²) in [7, 11) is 0. The van der Waals surface area contributed by atoms with Crippen molar-refractivity contribution in [3.05, 3.63) is 82.7 Å². The van der Waals surface area contributed by atoms with Crippen molar-refractivity contribution in [3.63, 3.8) is 0 Å². The van der Waals surface area contributed by atoms with Gasteiger partial charge >= 0.3 is 0 Å². The fourth-order valence-corrected chi connectivity index (χ4v) is 5.92.